The largest absolute Gasteiger partial charge is 0.383 e. The summed E-state index contributed by atoms with van der Waals surface area (Å²) < 4.78 is 10.7. The Morgan fingerprint density at radius 3 is 2.81 bits per heavy atom. The highest BCUT2D eigenvalue weighted by Gasteiger charge is 2.34. The van der Waals surface area contributed by atoms with Crippen molar-refractivity contribution in [1.29, 1.82) is 0 Å². The molecule has 0 aliphatic carbocycles. The minimum Gasteiger partial charge on any atom is -0.383 e. The Bertz CT molecular complexity index is 180. The summed E-state index contributed by atoms with van der Waals surface area (Å²) in [5.74, 6) is 0. The van der Waals surface area contributed by atoms with Crippen molar-refractivity contribution in [1.82, 2.24) is 4.90 Å². The third-order valence-corrected chi connectivity index (χ3v) is 3.64. The number of hydrogen-bond donors (Lipinski definition) is 1. The van der Waals surface area contributed by atoms with Gasteiger partial charge in [-0.25, -0.2) is 0 Å². The summed E-state index contributed by atoms with van der Waals surface area (Å²) in [6.45, 7) is 7.39. The van der Waals surface area contributed by atoms with E-state index < -0.39 is 0 Å². The van der Waals surface area contributed by atoms with Crippen LogP contribution in [0.4, 0.5) is 0 Å². The summed E-state index contributed by atoms with van der Waals surface area (Å²) in [5.41, 5.74) is 6.15. The van der Waals surface area contributed by atoms with Crippen LogP contribution >= 0.6 is 0 Å². The van der Waals surface area contributed by atoms with E-state index in [4.69, 9.17) is 15.2 Å². The molecule has 1 atom stereocenters. The molecule has 1 saturated heterocycles. The molecule has 4 nitrogen and oxygen atoms in total. The predicted octanol–water partition coefficient (Wildman–Crippen LogP) is 0.853. The first-order valence-corrected chi connectivity index (χ1v) is 6.31. The van der Waals surface area contributed by atoms with E-state index in [2.05, 4.69) is 11.8 Å². The fraction of sp³-hybridized carbons (Fsp3) is 1.00. The zero-order valence-electron chi connectivity index (χ0n) is 10.7. The van der Waals surface area contributed by atoms with Gasteiger partial charge >= 0.3 is 0 Å². The summed E-state index contributed by atoms with van der Waals surface area (Å²) in [6.07, 6.45) is 3.29. The fourth-order valence-corrected chi connectivity index (χ4v) is 2.57. The van der Waals surface area contributed by atoms with Crippen LogP contribution in [0.3, 0.4) is 0 Å². The van der Waals surface area contributed by atoms with Crippen molar-refractivity contribution in [2.24, 2.45) is 5.73 Å². The van der Waals surface area contributed by atoms with Gasteiger partial charge in [-0.1, -0.05) is 6.92 Å². The van der Waals surface area contributed by atoms with Crippen molar-refractivity contribution in [2.75, 3.05) is 46.6 Å². The van der Waals surface area contributed by atoms with Crippen molar-refractivity contribution in [2.45, 2.75) is 31.7 Å². The van der Waals surface area contributed by atoms with E-state index in [1.807, 2.05) is 0 Å². The quantitative estimate of drug-likeness (QED) is 0.735. The average molecular weight is 230 g/mol. The SMILES string of the molecule is CCN(CCOC)C1(CN)CCCOCC1. The Hall–Kier alpha value is -0.160. The number of likely N-dealkylation sites (N-methyl/N-ethyl adjacent to an activating group) is 1. The second kappa shape index (κ2) is 7.22. The molecule has 0 aromatic heterocycles. The lowest BCUT2D eigenvalue weighted by molar-refractivity contribution is 0.0469. The van der Waals surface area contributed by atoms with Crippen molar-refractivity contribution in [3.63, 3.8) is 0 Å². The van der Waals surface area contributed by atoms with Crippen LogP contribution in [-0.2, 0) is 9.47 Å². The van der Waals surface area contributed by atoms with Gasteiger partial charge in [0, 0.05) is 39.0 Å². The van der Waals surface area contributed by atoms with Crippen molar-refractivity contribution < 1.29 is 9.47 Å². The molecule has 1 rings (SSSR count). The van der Waals surface area contributed by atoms with Gasteiger partial charge in [0.15, 0.2) is 0 Å². The van der Waals surface area contributed by atoms with Crippen LogP contribution in [0, 0.1) is 0 Å². The maximum Gasteiger partial charge on any atom is 0.0589 e. The Morgan fingerprint density at radius 2 is 2.19 bits per heavy atom. The van der Waals surface area contributed by atoms with Crippen LogP contribution in [0.15, 0.2) is 0 Å². The number of methoxy groups -OCH3 is 1. The van der Waals surface area contributed by atoms with Crippen LogP contribution in [0.1, 0.15) is 26.2 Å². The molecule has 1 heterocycles. The first-order valence-electron chi connectivity index (χ1n) is 6.31. The predicted molar refractivity (Wildman–Crippen MR) is 65.6 cm³/mol. The summed E-state index contributed by atoms with van der Waals surface area (Å²) in [6, 6.07) is 0. The van der Waals surface area contributed by atoms with Crippen molar-refractivity contribution in [3.8, 4) is 0 Å². The Labute approximate surface area is 99.1 Å². The Balaban J connectivity index is 2.65. The molecule has 0 saturated carbocycles. The van der Waals surface area contributed by atoms with Gasteiger partial charge in [0.1, 0.15) is 0 Å². The highest BCUT2D eigenvalue weighted by Crippen LogP contribution is 2.27. The first-order chi connectivity index (χ1) is 7.79. The lowest BCUT2D eigenvalue weighted by Gasteiger charge is -2.42. The van der Waals surface area contributed by atoms with Crippen LogP contribution in [0.2, 0.25) is 0 Å². The molecule has 0 aromatic rings. The van der Waals surface area contributed by atoms with Crippen LogP contribution in [0.25, 0.3) is 0 Å². The normalized spacial score (nSPS) is 27.0. The van der Waals surface area contributed by atoms with Gasteiger partial charge in [0.2, 0.25) is 0 Å². The number of ether oxygens (including phenoxy) is 2. The molecule has 0 aromatic carbocycles. The monoisotopic (exact) mass is 230 g/mol. The lowest BCUT2D eigenvalue weighted by atomic mass is 9.88. The number of nitrogens with two attached hydrogens (primary N) is 1. The first kappa shape index (κ1) is 13.9. The van der Waals surface area contributed by atoms with E-state index in [1.165, 1.54) is 0 Å². The second-order valence-electron chi connectivity index (χ2n) is 4.47. The smallest absolute Gasteiger partial charge is 0.0589 e. The molecule has 1 aliphatic heterocycles. The lowest BCUT2D eigenvalue weighted by Crippen LogP contribution is -2.55. The highest BCUT2D eigenvalue weighted by molar-refractivity contribution is 4.92. The van der Waals surface area contributed by atoms with E-state index in [0.29, 0.717) is 6.54 Å². The third-order valence-electron chi connectivity index (χ3n) is 3.64. The van der Waals surface area contributed by atoms with Gasteiger partial charge in [-0.15, -0.1) is 0 Å². The fourth-order valence-electron chi connectivity index (χ4n) is 2.57. The molecule has 96 valence electrons. The number of nitrogens with zero attached hydrogens (tertiary/aromatic N) is 1. The molecule has 1 unspecified atom stereocenters. The Kier molecular flexibility index (Phi) is 6.28. The van der Waals surface area contributed by atoms with E-state index in [1.54, 1.807) is 7.11 Å². The molecule has 1 fully saturated rings. The molecule has 1 aliphatic rings. The molecule has 0 bridgehead atoms. The van der Waals surface area contributed by atoms with Gasteiger partial charge < -0.3 is 15.2 Å². The molecular formula is C12H26N2O2. The maximum absolute atomic E-state index is 6.02. The summed E-state index contributed by atoms with van der Waals surface area (Å²) in [4.78, 5) is 2.46. The molecule has 16 heavy (non-hydrogen) atoms. The second-order valence-corrected chi connectivity index (χ2v) is 4.47. The van der Waals surface area contributed by atoms with Crippen LogP contribution < -0.4 is 5.73 Å². The van der Waals surface area contributed by atoms with E-state index in [0.717, 1.165) is 52.2 Å². The van der Waals surface area contributed by atoms with Gasteiger partial charge in [-0.3, -0.25) is 4.90 Å². The average Bonchev–Trinajstić information content (AvgIpc) is 2.56. The topological polar surface area (TPSA) is 47.7 Å². The minimum absolute atomic E-state index is 0.129. The summed E-state index contributed by atoms with van der Waals surface area (Å²) in [7, 11) is 1.75. The van der Waals surface area contributed by atoms with Crippen LogP contribution in [0.5, 0.6) is 0 Å². The zero-order chi connectivity index (χ0) is 11.9. The van der Waals surface area contributed by atoms with Gasteiger partial charge in [0.25, 0.3) is 0 Å². The summed E-state index contributed by atoms with van der Waals surface area (Å²) >= 11 is 0. The van der Waals surface area contributed by atoms with E-state index in [9.17, 15) is 0 Å². The highest BCUT2D eigenvalue weighted by atomic mass is 16.5. The van der Waals surface area contributed by atoms with Gasteiger partial charge in [-0.05, 0) is 25.8 Å². The molecule has 4 heteroatoms. The maximum atomic E-state index is 6.02. The molecular weight excluding hydrogens is 204 g/mol. The zero-order valence-corrected chi connectivity index (χ0v) is 10.7. The van der Waals surface area contributed by atoms with Gasteiger partial charge in [-0.2, -0.15) is 0 Å². The third kappa shape index (κ3) is 3.42. The number of hydrogen-bond acceptors (Lipinski definition) is 4. The minimum atomic E-state index is 0.129. The molecule has 2 N–H and O–H groups in total. The number of rotatable bonds is 6. The molecule has 0 radical (unpaired) electrons. The van der Waals surface area contributed by atoms with Gasteiger partial charge in [0.05, 0.1) is 6.61 Å². The Morgan fingerprint density at radius 1 is 1.38 bits per heavy atom. The molecule has 0 spiro atoms. The van der Waals surface area contributed by atoms with E-state index >= 15 is 0 Å². The van der Waals surface area contributed by atoms with Crippen molar-refractivity contribution in [3.05, 3.63) is 0 Å². The standard InChI is InChI=1S/C12H26N2O2/c1-3-14(7-10-15-2)12(11-13)5-4-8-16-9-6-12/h3-11,13H2,1-2H3. The summed E-state index contributed by atoms with van der Waals surface area (Å²) in [5, 5.41) is 0. The van der Waals surface area contributed by atoms with Crippen molar-refractivity contribution >= 4 is 0 Å². The van der Waals surface area contributed by atoms with Crippen LogP contribution in [-0.4, -0.2) is 57.0 Å². The molecule has 0 amide bonds. The van der Waals surface area contributed by atoms with E-state index in [-0.39, 0.29) is 5.54 Å².